The Hall–Kier alpha value is -3.40. The number of ether oxygens (including phenoxy) is 1. The number of aryl methyl sites for hydroxylation is 2. The second-order valence-electron chi connectivity index (χ2n) is 7.46. The molecule has 1 atom stereocenters. The topological polar surface area (TPSA) is 46.6 Å². The summed E-state index contributed by atoms with van der Waals surface area (Å²) in [6.45, 7) is 4.32. The maximum absolute atomic E-state index is 12.7. The number of nitrogens with zero attached hydrogens (tertiary/aromatic N) is 1. The summed E-state index contributed by atoms with van der Waals surface area (Å²) in [5.41, 5.74) is 5.13. The highest BCUT2D eigenvalue weighted by Gasteiger charge is 2.37. The zero-order valence-electron chi connectivity index (χ0n) is 16.6. The van der Waals surface area contributed by atoms with Crippen molar-refractivity contribution in [1.82, 2.24) is 0 Å². The minimum Gasteiger partial charge on any atom is -0.426 e. The van der Waals surface area contributed by atoms with Crippen LogP contribution in [0.3, 0.4) is 0 Å². The van der Waals surface area contributed by atoms with Gasteiger partial charge in [0.2, 0.25) is 5.91 Å². The maximum Gasteiger partial charge on any atom is 0.316 e. The fraction of sp³-hybridized carbons (Fsp3) is 0.200. The van der Waals surface area contributed by atoms with Gasteiger partial charge in [-0.25, -0.2) is 0 Å². The number of esters is 1. The van der Waals surface area contributed by atoms with Gasteiger partial charge in [-0.3, -0.25) is 9.59 Å². The minimum atomic E-state index is -0.463. The highest BCUT2D eigenvalue weighted by atomic mass is 16.5. The van der Waals surface area contributed by atoms with E-state index in [4.69, 9.17) is 4.74 Å². The molecule has 4 nitrogen and oxygen atoms in total. The van der Waals surface area contributed by atoms with Gasteiger partial charge in [0.15, 0.2) is 0 Å². The van der Waals surface area contributed by atoms with Crippen LogP contribution in [0.1, 0.15) is 17.5 Å². The molecule has 1 saturated heterocycles. The molecule has 0 spiro atoms. The summed E-state index contributed by atoms with van der Waals surface area (Å²) in [5.74, 6) is -0.369. The van der Waals surface area contributed by atoms with E-state index in [1.165, 1.54) is 0 Å². The number of anilines is 1. The Balaban J connectivity index is 1.45. The van der Waals surface area contributed by atoms with Crippen molar-refractivity contribution in [1.29, 1.82) is 0 Å². The number of benzene rings is 3. The molecule has 0 bridgehead atoms. The van der Waals surface area contributed by atoms with Crippen LogP contribution in [0.2, 0.25) is 0 Å². The van der Waals surface area contributed by atoms with Gasteiger partial charge in [0.25, 0.3) is 0 Å². The molecule has 0 unspecified atom stereocenters. The van der Waals surface area contributed by atoms with Gasteiger partial charge in [-0.15, -0.1) is 0 Å². The van der Waals surface area contributed by atoms with Gasteiger partial charge in [-0.1, -0.05) is 60.7 Å². The van der Waals surface area contributed by atoms with Crippen molar-refractivity contribution >= 4 is 17.6 Å². The van der Waals surface area contributed by atoms with Gasteiger partial charge in [0, 0.05) is 18.7 Å². The van der Waals surface area contributed by atoms with Crippen LogP contribution in [0.15, 0.2) is 72.8 Å². The maximum atomic E-state index is 12.7. The van der Waals surface area contributed by atoms with Gasteiger partial charge >= 0.3 is 5.97 Å². The molecular formula is C25H23NO3. The second-order valence-corrected chi connectivity index (χ2v) is 7.46. The van der Waals surface area contributed by atoms with E-state index in [9.17, 15) is 9.59 Å². The third-order valence-corrected chi connectivity index (χ3v) is 5.35. The van der Waals surface area contributed by atoms with Gasteiger partial charge in [-0.2, -0.15) is 0 Å². The molecule has 4 rings (SSSR count). The molecule has 1 heterocycles. The lowest BCUT2D eigenvalue weighted by Crippen LogP contribution is -2.28. The molecule has 146 valence electrons. The average Bonchev–Trinajstić information content (AvgIpc) is 3.11. The molecule has 0 aromatic heterocycles. The quantitative estimate of drug-likeness (QED) is 0.473. The first-order valence-corrected chi connectivity index (χ1v) is 9.76. The SMILES string of the molecule is Cc1cccc(C)c1N1C[C@H](C(=O)Oc2ccc(-c3ccccc3)cc2)CC1=O. The number of carbonyl (C=O) groups is 2. The summed E-state index contributed by atoms with van der Waals surface area (Å²) in [6.07, 6.45) is 0.175. The predicted octanol–water partition coefficient (Wildman–Crippen LogP) is 4.93. The van der Waals surface area contributed by atoms with E-state index in [2.05, 4.69) is 0 Å². The van der Waals surface area contributed by atoms with Crippen LogP contribution in [-0.2, 0) is 9.59 Å². The molecule has 1 aliphatic heterocycles. The Bertz CT molecular complexity index is 1020. The van der Waals surface area contributed by atoms with E-state index in [0.29, 0.717) is 12.3 Å². The summed E-state index contributed by atoms with van der Waals surface area (Å²) < 4.78 is 5.56. The highest BCUT2D eigenvalue weighted by Crippen LogP contribution is 2.31. The zero-order chi connectivity index (χ0) is 20.4. The third kappa shape index (κ3) is 3.92. The van der Waals surface area contributed by atoms with E-state index in [-0.39, 0.29) is 18.3 Å². The molecule has 4 heteroatoms. The fourth-order valence-corrected chi connectivity index (χ4v) is 3.86. The van der Waals surface area contributed by atoms with Gasteiger partial charge in [0.1, 0.15) is 5.75 Å². The van der Waals surface area contributed by atoms with Crippen molar-refractivity contribution in [3.63, 3.8) is 0 Å². The number of rotatable bonds is 4. The highest BCUT2D eigenvalue weighted by molar-refractivity contribution is 6.00. The van der Waals surface area contributed by atoms with E-state index >= 15 is 0 Å². The van der Waals surface area contributed by atoms with Crippen molar-refractivity contribution in [2.24, 2.45) is 5.92 Å². The van der Waals surface area contributed by atoms with Crippen LogP contribution < -0.4 is 9.64 Å². The predicted molar refractivity (Wildman–Crippen MR) is 114 cm³/mol. The van der Waals surface area contributed by atoms with Crippen molar-refractivity contribution in [2.75, 3.05) is 11.4 Å². The summed E-state index contributed by atoms with van der Waals surface area (Å²) in [5, 5.41) is 0. The summed E-state index contributed by atoms with van der Waals surface area (Å²) in [6, 6.07) is 23.4. The molecule has 1 aliphatic rings. The van der Waals surface area contributed by atoms with Crippen LogP contribution >= 0.6 is 0 Å². The number of amides is 1. The molecule has 1 amide bonds. The van der Waals surface area contributed by atoms with Crippen LogP contribution in [0.5, 0.6) is 5.75 Å². The van der Waals surface area contributed by atoms with Crippen molar-refractivity contribution in [3.05, 3.63) is 83.9 Å². The average molecular weight is 385 g/mol. The molecule has 0 aliphatic carbocycles. The molecule has 3 aromatic rings. The van der Waals surface area contributed by atoms with Crippen molar-refractivity contribution in [2.45, 2.75) is 20.3 Å². The van der Waals surface area contributed by atoms with Crippen LogP contribution in [-0.4, -0.2) is 18.4 Å². The number of hydrogen-bond donors (Lipinski definition) is 0. The van der Waals surface area contributed by atoms with Gasteiger partial charge in [-0.05, 0) is 48.2 Å². The smallest absolute Gasteiger partial charge is 0.316 e. The lowest BCUT2D eigenvalue weighted by molar-refractivity contribution is -0.139. The molecular weight excluding hydrogens is 362 g/mol. The number of para-hydroxylation sites is 1. The molecule has 0 radical (unpaired) electrons. The minimum absolute atomic E-state index is 0.0382. The van der Waals surface area contributed by atoms with E-state index in [1.807, 2.05) is 74.5 Å². The van der Waals surface area contributed by atoms with Crippen molar-refractivity contribution < 1.29 is 14.3 Å². The summed E-state index contributed by atoms with van der Waals surface area (Å²) in [7, 11) is 0. The molecule has 0 saturated carbocycles. The first-order chi connectivity index (χ1) is 14.0. The first-order valence-electron chi connectivity index (χ1n) is 9.76. The van der Waals surface area contributed by atoms with Crippen molar-refractivity contribution in [3.8, 4) is 16.9 Å². The molecule has 0 N–H and O–H groups in total. The molecule has 1 fully saturated rings. The zero-order valence-corrected chi connectivity index (χ0v) is 16.6. The second kappa shape index (κ2) is 7.92. The number of carbonyl (C=O) groups excluding carboxylic acids is 2. The first kappa shape index (κ1) is 18.9. The largest absolute Gasteiger partial charge is 0.426 e. The Kier molecular flexibility index (Phi) is 5.17. The Labute approximate surface area is 170 Å². The standard InChI is InChI=1S/C25H23NO3/c1-17-7-6-8-18(2)24(17)26-16-21(15-23(26)27)25(28)29-22-13-11-20(12-14-22)19-9-4-3-5-10-19/h3-14,21H,15-16H2,1-2H3/t21-/m1/s1. The molecule has 3 aromatic carbocycles. The van der Waals surface area contributed by atoms with Gasteiger partial charge in [0.05, 0.1) is 5.92 Å². The van der Waals surface area contributed by atoms with Gasteiger partial charge < -0.3 is 9.64 Å². The Morgan fingerprint density at radius 1 is 0.862 bits per heavy atom. The van der Waals surface area contributed by atoms with Crippen LogP contribution in [0.4, 0.5) is 5.69 Å². The van der Waals surface area contributed by atoms with E-state index in [1.54, 1.807) is 17.0 Å². The lowest BCUT2D eigenvalue weighted by Gasteiger charge is -2.21. The monoisotopic (exact) mass is 385 g/mol. The summed E-state index contributed by atoms with van der Waals surface area (Å²) in [4.78, 5) is 26.9. The third-order valence-electron chi connectivity index (χ3n) is 5.35. The van der Waals surface area contributed by atoms with Crippen LogP contribution in [0.25, 0.3) is 11.1 Å². The fourth-order valence-electron chi connectivity index (χ4n) is 3.86. The Morgan fingerprint density at radius 3 is 2.14 bits per heavy atom. The summed E-state index contributed by atoms with van der Waals surface area (Å²) >= 11 is 0. The number of hydrogen-bond acceptors (Lipinski definition) is 3. The van der Waals surface area contributed by atoms with E-state index in [0.717, 1.165) is 27.9 Å². The normalized spacial score (nSPS) is 16.1. The Morgan fingerprint density at radius 2 is 1.48 bits per heavy atom. The van der Waals surface area contributed by atoms with Crippen LogP contribution in [0, 0.1) is 19.8 Å². The molecule has 29 heavy (non-hydrogen) atoms. The lowest BCUT2D eigenvalue weighted by atomic mass is 10.1. The van der Waals surface area contributed by atoms with E-state index < -0.39 is 5.92 Å².